The zero-order valence-corrected chi connectivity index (χ0v) is 25.0. The van der Waals surface area contributed by atoms with E-state index in [1.807, 2.05) is 53.1 Å². The quantitative estimate of drug-likeness (QED) is 0.252. The van der Waals surface area contributed by atoms with Crippen molar-refractivity contribution in [2.24, 2.45) is 51.3 Å². The smallest absolute Gasteiger partial charge is 0.0298 e. The van der Waals surface area contributed by atoms with Gasteiger partial charge in [-0.2, -0.15) is 0 Å². The first-order valence-corrected chi connectivity index (χ1v) is 15.7. The Bertz CT molecular complexity index is 689. The summed E-state index contributed by atoms with van der Waals surface area (Å²) >= 11 is 0. The van der Waals surface area contributed by atoms with Crippen molar-refractivity contribution in [3.8, 4) is 0 Å². The predicted octanol–water partition coefficient (Wildman–Crippen LogP) is 11.1. The Kier molecular flexibility index (Phi) is 12.3. The molecule has 4 fully saturated rings. The van der Waals surface area contributed by atoms with Crippen molar-refractivity contribution in [1.82, 2.24) is 0 Å². The van der Waals surface area contributed by atoms with Crippen molar-refractivity contribution in [1.29, 1.82) is 0 Å². The molecule has 1 heteroatoms. The molecule has 0 saturated heterocycles. The minimum absolute atomic E-state index is 0.573. The highest BCUT2D eigenvalue weighted by Crippen LogP contribution is 2.67. The normalized spacial score (nSPS) is 39.2. The highest BCUT2D eigenvalue weighted by Gasteiger charge is 2.59. The van der Waals surface area contributed by atoms with Crippen molar-refractivity contribution in [3.63, 3.8) is 0 Å². The molecule has 4 saturated carbocycles. The molecule has 35 heavy (non-hydrogen) atoms. The van der Waals surface area contributed by atoms with Crippen LogP contribution in [-0.2, 0) is 0 Å². The standard InChI is InChI=1S/C30H49N.2C2H6/c1-6-23(21-31-7-2)22(3)11-10-13-25-15-17-27-26-16-14-24-12-8-9-19-29(24,4)28(26)18-20-30(25,27)5;2*1-2/h6-7,21-22,24-28H,1,8-20H2,2-5H3;2*1-2H3/b23-21+,31-7?;;. The van der Waals surface area contributed by atoms with Gasteiger partial charge < -0.3 is 0 Å². The molecule has 0 aliphatic heterocycles. The number of aliphatic imine (C=N–C) groups is 1. The van der Waals surface area contributed by atoms with Gasteiger partial charge in [0.2, 0.25) is 0 Å². The molecule has 0 N–H and O–H groups in total. The molecule has 4 aliphatic carbocycles. The molecule has 0 bridgehead atoms. The molecule has 1 nitrogen and oxygen atoms in total. The van der Waals surface area contributed by atoms with Gasteiger partial charge in [-0.15, -0.1) is 0 Å². The topological polar surface area (TPSA) is 12.4 Å². The monoisotopic (exact) mass is 483 g/mol. The first-order valence-electron chi connectivity index (χ1n) is 15.7. The summed E-state index contributed by atoms with van der Waals surface area (Å²) in [4.78, 5) is 4.33. The summed E-state index contributed by atoms with van der Waals surface area (Å²) in [5, 5.41) is 0. The number of rotatable bonds is 7. The predicted molar refractivity (Wildman–Crippen MR) is 158 cm³/mol. The Morgan fingerprint density at radius 1 is 0.914 bits per heavy atom. The number of nitrogens with zero attached hydrogens (tertiary/aromatic N) is 1. The maximum Gasteiger partial charge on any atom is 0.0298 e. The third kappa shape index (κ3) is 6.35. The molecule has 4 aliphatic rings. The first-order chi connectivity index (χ1) is 16.9. The van der Waals surface area contributed by atoms with Crippen molar-refractivity contribution in [2.45, 2.75) is 139 Å². The van der Waals surface area contributed by atoms with Crippen LogP contribution in [-0.4, -0.2) is 6.21 Å². The van der Waals surface area contributed by atoms with E-state index in [-0.39, 0.29) is 0 Å². The van der Waals surface area contributed by atoms with Gasteiger partial charge in [-0.05, 0) is 123 Å². The third-order valence-corrected chi connectivity index (χ3v) is 11.1. The van der Waals surface area contributed by atoms with Gasteiger partial charge in [0.05, 0.1) is 0 Å². The van der Waals surface area contributed by atoms with Gasteiger partial charge >= 0.3 is 0 Å². The highest BCUT2D eigenvalue weighted by atomic mass is 14.7. The lowest BCUT2D eigenvalue weighted by atomic mass is 9.45. The second kappa shape index (κ2) is 14.2. The first kappa shape index (κ1) is 30.4. The van der Waals surface area contributed by atoms with Crippen LogP contribution < -0.4 is 0 Å². The highest BCUT2D eigenvalue weighted by molar-refractivity contribution is 5.54. The van der Waals surface area contributed by atoms with E-state index in [1.54, 1.807) is 12.8 Å². The summed E-state index contributed by atoms with van der Waals surface area (Å²) in [6, 6.07) is 0. The molecule has 0 aromatic rings. The van der Waals surface area contributed by atoms with E-state index in [9.17, 15) is 0 Å². The molecule has 0 amide bonds. The van der Waals surface area contributed by atoms with Crippen LogP contribution in [0.4, 0.5) is 0 Å². The van der Waals surface area contributed by atoms with Crippen molar-refractivity contribution in [3.05, 3.63) is 24.4 Å². The minimum atomic E-state index is 0.573. The third-order valence-electron chi connectivity index (χ3n) is 11.1. The van der Waals surface area contributed by atoms with E-state index in [2.05, 4.69) is 32.3 Å². The molecule has 0 radical (unpaired) electrons. The van der Waals surface area contributed by atoms with Gasteiger partial charge in [0.25, 0.3) is 0 Å². The molecule has 8 atom stereocenters. The van der Waals surface area contributed by atoms with Crippen LogP contribution in [0.5, 0.6) is 0 Å². The van der Waals surface area contributed by atoms with Gasteiger partial charge in [0.15, 0.2) is 0 Å². The Morgan fingerprint density at radius 2 is 1.63 bits per heavy atom. The van der Waals surface area contributed by atoms with Crippen LogP contribution in [0.2, 0.25) is 0 Å². The molecule has 4 rings (SSSR count). The SMILES string of the molecule is C=C/C(=C\N=CC)C(C)CCCC1CCC2C3CCC4CCCCC4(C)C3CCC12C.CC.CC. The fraction of sp³-hybridized carbons (Fsp3) is 0.853. The van der Waals surface area contributed by atoms with Gasteiger partial charge in [-0.3, -0.25) is 4.99 Å². The van der Waals surface area contributed by atoms with Gasteiger partial charge in [-0.25, -0.2) is 0 Å². The molecular weight excluding hydrogens is 422 g/mol. The zero-order valence-electron chi connectivity index (χ0n) is 25.0. The van der Waals surface area contributed by atoms with Crippen LogP contribution in [0.1, 0.15) is 139 Å². The van der Waals surface area contributed by atoms with Crippen LogP contribution in [0.15, 0.2) is 29.4 Å². The summed E-state index contributed by atoms with van der Waals surface area (Å²) in [7, 11) is 0. The minimum Gasteiger partial charge on any atom is -0.269 e. The van der Waals surface area contributed by atoms with Gasteiger partial charge in [0.1, 0.15) is 0 Å². The Labute approximate surface area is 220 Å². The molecule has 0 heterocycles. The lowest BCUT2D eigenvalue weighted by Gasteiger charge is -2.60. The van der Waals surface area contributed by atoms with Crippen molar-refractivity contribution in [2.75, 3.05) is 0 Å². The van der Waals surface area contributed by atoms with Crippen molar-refractivity contribution >= 4 is 6.21 Å². The molecular formula is C34H61N. The van der Waals surface area contributed by atoms with Crippen LogP contribution in [0.25, 0.3) is 0 Å². The van der Waals surface area contributed by atoms with E-state index >= 15 is 0 Å². The van der Waals surface area contributed by atoms with Gasteiger partial charge in [-0.1, -0.05) is 80.4 Å². The number of hydrogen-bond acceptors (Lipinski definition) is 1. The fourth-order valence-corrected chi connectivity index (χ4v) is 9.26. The van der Waals surface area contributed by atoms with E-state index in [4.69, 9.17) is 0 Å². The summed E-state index contributed by atoms with van der Waals surface area (Å²) in [6.45, 7) is 21.8. The van der Waals surface area contributed by atoms with E-state index in [1.165, 1.54) is 76.2 Å². The Balaban J connectivity index is 0.00000103. The molecule has 202 valence electrons. The molecule has 0 aromatic heterocycles. The number of hydrogen-bond donors (Lipinski definition) is 0. The van der Waals surface area contributed by atoms with E-state index < -0.39 is 0 Å². The zero-order chi connectivity index (χ0) is 26.1. The fourth-order valence-electron chi connectivity index (χ4n) is 9.26. The summed E-state index contributed by atoms with van der Waals surface area (Å²) in [6.07, 6.45) is 25.2. The van der Waals surface area contributed by atoms with Crippen LogP contribution >= 0.6 is 0 Å². The Hall–Kier alpha value is -0.850. The maximum absolute atomic E-state index is 4.33. The van der Waals surface area contributed by atoms with Crippen molar-refractivity contribution < 1.29 is 0 Å². The average Bonchev–Trinajstić information content (AvgIpc) is 3.23. The lowest BCUT2D eigenvalue weighted by Crippen LogP contribution is -2.52. The number of allylic oxidation sites excluding steroid dienone is 2. The molecule has 0 spiro atoms. The maximum atomic E-state index is 4.33. The van der Waals surface area contributed by atoms with E-state index in [0.29, 0.717) is 16.7 Å². The second-order valence-electron chi connectivity index (χ2n) is 12.3. The van der Waals surface area contributed by atoms with Crippen LogP contribution in [0.3, 0.4) is 0 Å². The number of fused-ring (bicyclic) bond motifs is 5. The second-order valence-corrected chi connectivity index (χ2v) is 12.3. The Morgan fingerprint density at radius 3 is 2.31 bits per heavy atom. The lowest BCUT2D eigenvalue weighted by molar-refractivity contribution is -0.111. The molecule has 0 aromatic carbocycles. The summed E-state index contributed by atoms with van der Waals surface area (Å²) in [5.74, 6) is 5.70. The molecule has 8 unspecified atom stereocenters. The largest absolute Gasteiger partial charge is 0.269 e. The van der Waals surface area contributed by atoms with Gasteiger partial charge in [0, 0.05) is 12.4 Å². The summed E-state index contributed by atoms with van der Waals surface area (Å²) in [5.41, 5.74) is 2.61. The summed E-state index contributed by atoms with van der Waals surface area (Å²) < 4.78 is 0. The average molecular weight is 484 g/mol. The van der Waals surface area contributed by atoms with E-state index in [0.717, 1.165) is 29.6 Å². The van der Waals surface area contributed by atoms with Crippen LogP contribution in [0, 0.1) is 46.3 Å².